The highest BCUT2D eigenvalue weighted by atomic mass is 16.2. The molecule has 0 aromatic carbocycles. The number of urea groups is 1. The lowest BCUT2D eigenvalue weighted by Gasteiger charge is -2.12. The summed E-state index contributed by atoms with van der Waals surface area (Å²) in [6, 6.07) is -0.236. The number of hydrogen-bond acceptors (Lipinski definition) is 2. The minimum absolute atomic E-state index is 0.0333. The zero-order chi connectivity index (χ0) is 10.4. The van der Waals surface area contributed by atoms with Crippen molar-refractivity contribution in [2.75, 3.05) is 20.6 Å². The predicted molar refractivity (Wildman–Crippen MR) is 50.4 cm³/mol. The Morgan fingerprint density at radius 2 is 1.85 bits per heavy atom. The lowest BCUT2D eigenvalue weighted by molar-refractivity contribution is -0.127. The van der Waals surface area contributed by atoms with Crippen LogP contribution >= 0.6 is 0 Å². The van der Waals surface area contributed by atoms with Crippen LogP contribution in [0.5, 0.6) is 0 Å². The van der Waals surface area contributed by atoms with Crippen molar-refractivity contribution >= 4 is 11.9 Å². The van der Waals surface area contributed by atoms with Crippen molar-refractivity contribution < 1.29 is 9.59 Å². The van der Waals surface area contributed by atoms with E-state index in [4.69, 9.17) is 0 Å². The van der Waals surface area contributed by atoms with Crippen LogP contribution in [-0.4, -0.2) is 43.5 Å². The molecule has 0 saturated carbocycles. The molecule has 0 aliphatic carbocycles. The number of carbonyl (C=O) groups excluding carboxylic acids is 2. The van der Waals surface area contributed by atoms with Crippen molar-refractivity contribution in [3.63, 3.8) is 0 Å². The molecule has 76 valence electrons. The summed E-state index contributed by atoms with van der Waals surface area (Å²) in [4.78, 5) is 23.4. The van der Waals surface area contributed by atoms with Gasteiger partial charge in [-0.1, -0.05) is 0 Å². The first-order chi connectivity index (χ1) is 5.93. The Labute approximate surface area is 78.5 Å². The summed E-state index contributed by atoms with van der Waals surface area (Å²) in [5, 5.41) is 5.07. The molecule has 0 saturated heterocycles. The third-order valence-corrected chi connectivity index (χ3v) is 1.32. The lowest BCUT2D eigenvalue weighted by Crippen LogP contribution is -2.43. The third-order valence-electron chi connectivity index (χ3n) is 1.32. The minimum atomic E-state index is -0.315. The number of carbonyl (C=O) groups is 2. The fraction of sp³-hybridized carbons (Fsp3) is 0.750. The van der Waals surface area contributed by atoms with Gasteiger partial charge >= 0.3 is 6.03 Å². The van der Waals surface area contributed by atoms with Gasteiger partial charge < -0.3 is 15.5 Å². The van der Waals surface area contributed by atoms with Crippen molar-refractivity contribution in [1.29, 1.82) is 0 Å². The first kappa shape index (κ1) is 11.7. The van der Waals surface area contributed by atoms with E-state index in [-0.39, 0.29) is 24.5 Å². The number of rotatable bonds is 3. The highest BCUT2D eigenvalue weighted by molar-refractivity contribution is 5.83. The summed E-state index contributed by atoms with van der Waals surface area (Å²) in [5.74, 6) is -0.126. The molecule has 0 aliphatic heterocycles. The average molecular weight is 187 g/mol. The Balaban J connectivity index is 3.64. The number of likely N-dealkylation sites (N-methyl/N-ethyl adjacent to an activating group) is 1. The van der Waals surface area contributed by atoms with Crippen molar-refractivity contribution in [2.24, 2.45) is 0 Å². The van der Waals surface area contributed by atoms with Gasteiger partial charge in [0.2, 0.25) is 5.91 Å². The van der Waals surface area contributed by atoms with Gasteiger partial charge in [-0.05, 0) is 13.8 Å². The fourth-order valence-electron chi connectivity index (χ4n) is 0.627. The van der Waals surface area contributed by atoms with Crippen LogP contribution in [0.25, 0.3) is 0 Å². The van der Waals surface area contributed by atoms with E-state index < -0.39 is 0 Å². The predicted octanol–water partition coefficient (Wildman–Crippen LogP) is -0.218. The monoisotopic (exact) mass is 187 g/mol. The molecule has 0 radical (unpaired) electrons. The SMILES string of the molecule is CC(C)NC(=O)NCC(=O)N(C)C. The van der Waals surface area contributed by atoms with Gasteiger partial charge in [0.25, 0.3) is 0 Å². The zero-order valence-electron chi connectivity index (χ0n) is 8.55. The molecule has 0 spiro atoms. The maximum atomic E-state index is 11.0. The molecule has 0 rings (SSSR count). The van der Waals surface area contributed by atoms with Crippen LogP contribution in [0.1, 0.15) is 13.8 Å². The molecule has 5 nitrogen and oxygen atoms in total. The van der Waals surface area contributed by atoms with Gasteiger partial charge in [0.1, 0.15) is 0 Å². The van der Waals surface area contributed by atoms with E-state index in [1.54, 1.807) is 14.1 Å². The summed E-state index contributed by atoms with van der Waals surface area (Å²) in [7, 11) is 3.29. The third kappa shape index (κ3) is 5.95. The van der Waals surface area contributed by atoms with Crippen LogP contribution in [0.3, 0.4) is 0 Å². The molecule has 0 heterocycles. The van der Waals surface area contributed by atoms with Crippen LogP contribution in [0.2, 0.25) is 0 Å². The maximum Gasteiger partial charge on any atom is 0.315 e. The van der Waals surface area contributed by atoms with Crippen molar-refractivity contribution in [3.8, 4) is 0 Å². The molecule has 0 unspecified atom stereocenters. The summed E-state index contributed by atoms with van der Waals surface area (Å²) >= 11 is 0. The molecule has 3 amide bonds. The molecule has 0 fully saturated rings. The topological polar surface area (TPSA) is 61.4 Å². The highest BCUT2D eigenvalue weighted by Gasteiger charge is 2.06. The van der Waals surface area contributed by atoms with E-state index in [1.807, 2.05) is 13.8 Å². The molecule has 5 heteroatoms. The molecular weight excluding hydrogens is 170 g/mol. The van der Waals surface area contributed by atoms with E-state index in [0.717, 1.165) is 0 Å². The van der Waals surface area contributed by atoms with Gasteiger partial charge in [0.05, 0.1) is 6.54 Å². The molecule has 0 aromatic heterocycles. The first-order valence-corrected chi connectivity index (χ1v) is 4.18. The van der Waals surface area contributed by atoms with Gasteiger partial charge in [-0.3, -0.25) is 4.79 Å². The molecule has 0 atom stereocenters. The van der Waals surface area contributed by atoms with Crippen LogP contribution in [0, 0.1) is 0 Å². The Kier molecular flexibility index (Phi) is 4.87. The van der Waals surface area contributed by atoms with Crippen molar-refractivity contribution in [2.45, 2.75) is 19.9 Å². The zero-order valence-corrected chi connectivity index (χ0v) is 8.55. The number of amides is 3. The second-order valence-electron chi connectivity index (χ2n) is 3.27. The lowest BCUT2D eigenvalue weighted by atomic mass is 10.4. The summed E-state index contributed by atoms with van der Waals surface area (Å²) in [5.41, 5.74) is 0. The standard InChI is InChI=1S/C8H17N3O2/c1-6(2)10-8(13)9-5-7(12)11(3)4/h6H,5H2,1-4H3,(H2,9,10,13). The molecule has 13 heavy (non-hydrogen) atoms. The Morgan fingerprint density at radius 3 is 2.23 bits per heavy atom. The fourth-order valence-corrected chi connectivity index (χ4v) is 0.627. The summed E-state index contributed by atoms with van der Waals surface area (Å²) in [6.45, 7) is 3.74. The number of hydrogen-bond donors (Lipinski definition) is 2. The minimum Gasteiger partial charge on any atom is -0.347 e. The van der Waals surface area contributed by atoms with Gasteiger partial charge in [-0.25, -0.2) is 4.79 Å². The first-order valence-electron chi connectivity index (χ1n) is 4.18. The van der Waals surface area contributed by atoms with E-state index in [1.165, 1.54) is 4.90 Å². The van der Waals surface area contributed by atoms with Crippen LogP contribution in [-0.2, 0) is 4.79 Å². The van der Waals surface area contributed by atoms with E-state index >= 15 is 0 Å². The molecule has 0 aliphatic rings. The Morgan fingerprint density at radius 1 is 1.31 bits per heavy atom. The van der Waals surface area contributed by atoms with E-state index in [0.29, 0.717) is 0 Å². The van der Waals surface area contributed by atoms with E-state index in [9.17, 15) is 9.59 Å². The highest BCUT2D eigenvalue weighted by Crippen LogP contribution is 1.78. The average Bonchev–Trinajstić information content (AvgIpc) is 1.98. The van der Waals surface area contributed by atoms with Gasteiger partial charge in [0, 0.05) is 20.1 Å². The second kappa shape index (κ2) is 5.40. The summed E-state index contributed by atoms with van der Waals surface area (Å²) in [6.07, 6.45) is 0. The smallest absolute Gasteiger partial charge is 0.315 e. The quantitative estimate of drug-likeness (QED) is 0.641. The summed E-state index contributed by atoms with van der Waals surface area (Å²) < 4.78 is 0. The van der Waals surface area contributed by atoms with Crippen LogP contribution in [0.4, 0.5) is 4.79 Å². The molecule has 2 N–H and O–H groups in total. The molecular formula is C8H17N3O2. The van der Waals surface area contributed by atoms with Gasteiger partial charge in [0.15, 0.2) is 0 Å². The second-order valence-corrected chi connectivity index (χ2v) is 3.27. The number of nitrogens with one attached hydrogen (secondary N) is 2. The normalized spacial score (nSPS) is 9.62. The van der Waals surface area contributed by atoms with Crippen LogP contribution < -0.4 is 10.6 Å². The number of nitrogens with zero attached hydrogens (tertiary/aromatic N) is 1. The molecule has 0 aromatic rings. The Bertz CT molecular complexity index is 190. The van der Waals surface area contributed by atoms with Crippen LogP contribution in [0.15, 0.2) is 0 Å². The molecule has 0 bridgehead atoms. The van der Waals surface area contributed by atoms with Crippen molar-refractivity contribution in [1.82, 2.24) is 15.5 Å². The largest absolute Gasteiger partial charge is 0.347 e. The Hall–Kier alpha value is -1.26. The van der Waals surface area contributed by atoms with Gasteiger partial charge in [-0.15, -0.1) is 0 Å². The maximum absolute atomic E-state index is 11.0. The van der Waals surface area contributed by atoms with Crippen molar-refractivity contribution in [3.05, 3.63) is 0 Å². The van der Waals surface area contributed by atoms with Gasteiger partial charge in [-0.2, -0.15) is 0 Å². The van der Waals surface area contributed by atoms with E-state index in [2.05, 4.69) is 10.6 Å².